The predicted octanol–water partition coefficient (Wildman–Crippen LogP) is 10.4. The molecular weight excluding hydrogens is 555 g/mol. The average molecular weight is 594 g/mol. The summed E-state index contributed by atoms with van der Waals surface area (Å²) in [5.41, 5.74) is 8.32. The zero-order valence-electron chi connectivity index (χ0n) is 25.6. The summed E-state index contributed by atoms with van der Waals surface area (Å²) < 4.78 is 0. The summed E-state index contributed by atoms with van der Waals surface area (Å²) in [5.74, 6) is 1.67. The summed E-state index contributed by atoms with van der Waals surface area (Å²) in [6.07, 6.45) is 24.4. The molecule has 2 aliphatic rings. The van der Waals surface area contributed by atoms with Crippen molar-refractivity contribution in [2.45, 2.75) is 32.1 Å². The van der Waals surface area contributed by atoms with Crippen LogP contribution in [0.25, 0.3) is 17.2 Å². The van der Waals surface area contributed by atoms with Gasteiger partial charge >= 0.3 is 0 Å². The largest absolute Gasteiger partial charge is 0.262 e. The van der Waals surface area contributed by atoms with Gasteiger partial charge < -0.3 is 0 Å². The van der Waals surface area contributed by atoms with Crippen LogP contribution in [0.5, 0.6) is 0 Å². The Morgan fingerprint density at radius 3 is 2.48 bits per heavy atom. The minimum atomic E-state index is 0.343. The van der Waals surface area contributed by atoms with Crippen LogP contribution >= 0.6 is 11.8 Å². The van der Waals surface area contributed by atoms with Gasteiger partial charge in [-0.2, -0.15) is 0 Å². The highest BCUT2D eigenvalue weighted by Crippen LogP contribution is 2.39. The molecule has 0 saturated carbocycles. The molecule has 0 fully saturated rings. The fraction of sp³-hybridized carbons (Fsp3) is 0.175. The van der Waals surface area contributed by atoms with Gasteiger partial charge in [-0.25, -0.2) is 9.98 Å². The van der Waals surface area contributed by atoms with E-state index in [1.54, 1.807) is 0 Å². The van der Waals surface area contributed by atoms with Crippen molar-refractivity contribution >= 4 is 36.2 Å². The van der Waals surface area contributed by atoms with Crippen LogP contribution in [0, 0.1) is 0 Å². The van der Waals surface area contributed by atoms with Gasteiger partial charge in [0.2, 0.25) is 0 Å². The van der Waals surface area contributed by atoms with Crippen molar-refractivity contribution in [3.05, 3.63) is 160 Å². The lowest BCUT2D eigenvalue weighted by atomic mass is 9.88. The predicted molar refractivity (Wildman–Crippen MR) is 194 cm³/mol. The second-order valence-corrected chi connectivity index (χ2v) is 11.6. The quantitative estimate of drug-likeness (QED) is 0.138. The standard InChI is InChI=1S/C40H39N3S/c1-4-5-8-15-31-16-13-14-21-36(31)32-23-25-33(26-24-32)37-27-22-30(28-38(37)44-3)29-42-40(35-19-11-7-12-20-35)43-39(41-2)34-17-9-6-10-18-34/h4-11,13-19,21-26,28,37H,2,12,20,27,29H2,1,3H3/b5-4-,15-8-,42-40-,43-39-. The molecule has 1 unspecified atom stereocenters. The van der Waals surface area contributed by atoms with Crippen molar-refractivity contribution in [1.82, 2.24) is 0 Å². The van der Waals surface area contributed by atoms with Crippen LogP contribution in [0.1, 0.15) is 48.8 Å². The van der Waals surface area contributed by atoms with Crippen molar-refractivity contribution in [3.63, 3.8) is 0 Å². The van der Waals surface area contributed by atoms with Crippen molar-refractivity contribution in [2.24, 2.45) is 15.0 Å². The summed E-state index contributed by atoms with van der Waals surface area (Å²) in [6, 6.07) is 27.6. The molecule has 2 aliphatic carbocycles. The molecule has 0 aliphatic heterocycles. The van der Waals surface area contributed by atoms with Gasteiger partial charge in [0.05, 0.1) is 6.54 Å². The molecule has 3 aromatic carbocycles. The number of hydrogen-bond donors (Lipinski definition) is 0. The second kappa shape index (κ2) is 15.8. The highest BCUT2D eigenvalue weighted by molar-refractivity contribution is 8.02. The molecule has 0 heterocycles. The molecule has 3 nitrogen and oxygen atoms in total. The van der Waals surface area contributed by atoms with Gasteiger partial charge in [0, 0.05) is 11.5 Å². The first-order valence-corrected chi connectivity index (χ1v) is 16.4. The lowest BCUT2D eigenvalue weighted by Gasteiger charge is -2.23. The number of allylic oxidation sites excluding steroid dienone is 8. The molecule has 0 amide bonds. The van der Waals surface area contributed by atoms with Crippen LogP contribution in [0.4, 0.5) is 0 Å². The van der Waals surface area contributed by atoms with E-state index < -0.39 is 0 Å². The summed E-state index contributed by atoms with van der Waals surface area (Å²) in [6.45, 7) is 6.40. The zero-order chi connectivity index (χ0) is 30.6. The molecule has 44 heavy (non-hydrogen) atoms. The molecule has 4 heteroatoms. The third kappa shape index (κ3) is 7.89. The molecular formula is C40H39N3S. The SMILES string of the molecule is C=N/C(=N\C(=N/CC1=CCC(c2ccc(-c3ccccc3/C=C\C=C/C)cc2)C(SC)=C1)C1=CC=CCC1)c1ccccc1. The number of benzene rings is 3. The van der Waals surface area contributed by atoms with Gasteiger partial charge in [0.25, 0.3) is 0 Å². The number of aliphatic imine (C=N–C) groups is 3. The first-order chi connectivity index (χ1) is 21.7. The molecule has 0 spiro atoms. The summed E-state index contributed by atoms with van der Waals surface area (Å²) in [7, 11) is 0. The normalized spacial score (nSPS) is 17.5. The number of amidine groups is 2. The van der Waals surface area contributed by atoms with E-state index in [0.717, 1.165) is 36.2 Å². The maximum Gasteiger partial charge on any atom is 0.160 e. The highest BCUT2D eigenvalue weighted by Gasteiger charge is 2.20. The van der Waals surface area contributed by atoms with E-state index in [2.05, 4.69) is 115 Å². The average Bonchev–Trinajstić information content (AvgIpc) is 3.09. The Hall–Kier alpha value is -4.54. The molecule has 0 N–H and O–H groups in total. The van der Waals surface area contributed by atoms with Crippen LogP contribution in [-0.4, -0.2) is 31.2 Å². The minimum absolute atomic E-state index is 0.343. The van der Waals surface area contributed by atoms with Gasteiger partial charge in [-0.3, -0.25) is 4.99 Å². The number of rotatable bonds is 9. The maximum atomic E-state index is 5.04. The Kier molecular flexibility index (Phi) is 11.1. The van der Waals surface area contributed by atoms with E-state index in [4.69, 9.17) is 9.98 Å². The van der Waals surface area contributed by atoms with Crippen molar-refractivity contribution < 1.29 is 0 Å². The number of thioether (sulfide) groups is 1. The van der Waals surface area contributed by atoms with Gasteiger partial charge in [-0.15, -0.1) is 11.8 Å². The van der Waals surface area contributed by atoms with Gasteiger partial charge in [-0.1, -0.05) is 127 Å². The van der Waals surface area contributed by atoms with Gasteiger partial charge in [0.15, 0.2) is 11.7 Å². The van der Waals surface area contributed by atoms with Crippen molar-refractivity contribution in [2.75, 3.05) is 12.8 Å². The fourth-order valence-corrected chi connectivity index (χ4v) is 6.24. The molecule has 3 aromatic rings. The van der Waals surface area contributed by atoms with Crippen LogP contribution in [0.3, 0.4) is 0 Å². The minimum Gasteiger partial charge on any atom is -0.262 e. The fourth-order valence-electron chi connectivity index (χ4n) is 5.45. The van der Waals surface area contributed by atoms with Crippen LogP contribution in [-0.2, 0) is 0 Å². The Morgan fingerprint density at radius 1 is 0.955 bits per heavy atom. The smallest absolute Gasteiger partial charge is 0.160 e. The second-order valence-electron chi connectivity index (χ2n) is 10.7. The monoisotopic (exact) mass is 593 g/mol. The third-order valence-electron chi connectivity index (χ3n) is 7.79. The molecule has 5 rings (SSSR count). The summed E-state index contributed by atoms with van der Waals surface area (Å²) in [5, 5.41) is 0. The van der Waals surface area contributed by atoms with Crippen LogP contribution < -0.4 is 0 Å². The Labute approximate surface area is 266 Å². The van der Waals surface area contributed by atoms with E-state index in [1.807, 2.05) is 55.1 Å². The maximum absolute atomic E-state index is 5.04. The highest BCUT2D eigenvalue weighted by atomic mass is 32.2. The van der Waals surface area contributed by atoms with Gasteiger partial charge in [-0.05, 0) is 83.5 Å². The molecule has 0 bridgehead atoms. The van der Waals surface area contributed by atoms with E-state index in [-0.39, 0.29) is 0 Å². The topological polar surface area (TPSA) is 37.1 Å². The molecule has 0 aromatic heterocycles. The Bertz CT molecular complexity index is 1700. The third-order valence-corrected chi connectivity index (χ3v) is 8.67. The lowest BCUT2D eigenvalue weighted by Crippen LogP contribution is -2.10. The molecule has 0 radical (unpaired) electrons. The lowest BCUT2D eigenvalue weighted by molar-refractivity contribution is 0.827. The number of nitrogens with zero attached hydrogens (tertiary/aromatic N) is 3. The Morgan fingerprint density at radius 2 is 1.75 bits per heavy atom. The summed E-state index contributed by atoms with van der Waals surface area (Å²) >= 11 is 1.83. The van der Waals surface area contributed by atoms with Crippen molar-refractivity contribution in [1.29, 1.82) is 0 Å². The van der Waals surface area contributed by atoms with E-state index >= 15 is 0 Å². The zero-order valence-corrected chi connectivity index (χ0v) is 26.4. The van der Waals surface area contributed by atoms with Crippen molar-refractivity contribution in [3.8, 4) is 11.1 Å². The van der Waals surface area contributed by atoms with Gasteiger partial charge in [0.1, 0.15) is 0 Å². The first-order valence-electron chi connectivity index (χ1n) is 15.1. The molecule has 0 saturated heterocycles. The van der Waals surface area contributed by atoms with E-state index in [9.17, 15) is 0 Å². The summed E-state index contributed by atoms with van der Waals surface area (Å²) in [4.78, 5) is 15.6. The van der Waals surface area contributed by atoms with E-state index in [1.165, 1.54) is 32.7 Å². The van der Waals surface area contributed by atoms with Crippen LogP contribution in [0.2, 0.25) is 0 Å². The number of hydrogen-bond acceptors (Lipinski definition) is 2. The van der Waals surface area contributed by atoms with E-state index in [0.29, 0.717) is 18.3 Å². The first kappa shape index (κ1) is 30.9. The molecule has 220 valence electrons. The Balaban J connectivity index is 1.36. The molecule has 1 atom stereocenters. The van der Waals surface area contributed by atoms with Crippen LogP contribution in [0.15, 0.2) is 158 Å².